The summed E-state index contributed by atoms with van der Waals surface area (Å²) in [7, 11) is 5.36. The predicted molar refractivity (Wildman–Crippen MR) is 146 cm³/mol. The maximum Gasteiger partial charge on any atom is 0.346 e. The number of nitro benzene ring substituents is 1. The topological polar surface area (TPSA) is 102 Å². The fraction of sp³-hybridized carbons (Fsp3) is 0.259. The normalized spacial score (nSPS) is 17.1. The summed E-state index contributed by atoms with van der Waals surface area (Å²) in [5.41, 5.74) is 0.660. The van der Waals surface area contributed by atoms with Crippen molar-refractivity contribution in [2.45, 2.75) is 16.2 Å². The zero-order chi connectivity index (χ0) is 27.4. The average molecular weight is 556 g/mol. The molecule has 0 saturated carbocycles. The number of ether oxygens (including phenoxy) is 2. The smallest absolute Gasteiger partial charge is 0.346 e. The zero-order valence-electron chi connectivity index (χ0n) is 21.0. The minimum absolute atomic E-state index is 0.107. The van der Waals surface area contributed by atoms with Crippen molar-refractivity contribution in [3.05, 3.63) is 93.0 Å². The summed E-state index contributed by atoms with van der Waals surface area (Å²) in [4.78, 5) is 42.8. The van der Waals surface area contributed by atoms with Crippen LogP contribution in [0.1, 0.15) is 21.2 Å². The van der Waals surface area contributed by atoms with Crippen LogP contribution in [0.4, 0.5) is 11.4 Å². The third-order valence-corrected chi connectivity index (χ3v) is 7.63. The molecule has 3 aromatic rings. The molecule has 198 valence electrons. The number of likely N-dealkylation sites (N-methyl/N-ethyl adjacent to an activating group) is 1. The first-order valence-corrected chi connectivity index (χ1v) is 13.0. The summed E-state index contributed by atoms with van der Waals surface area (Å²) in [5.74, 6) is -0.767. The highest BCUT2D eigenvalue weighted by molar-refractivity contribution is 7.99. The van der Waals surface area contributed by atoms with Gasteiger partial charge in [0.25, 0.3) is 11.6 Å². The number of para-hydroxylation sites is 1. The van der Waals surface area contributed by atoms with Crippen LogP contribution in [0.3, 0.4) is 0 Å². The Morgan fingerprint density at radius 3 is 2.50 bits per heavy atom. The predicted octanol–water partition coefficient (Wildman–Crippen LogP) is 5.22. The second-order valence-electron chi connectivity index (χ2n) is 8.82. The molecule has 0 saturated heterocycles. The van der Waals surface area contributed by atoms with Crippen LogP contribution in [-0.4, -0.2) is 62.1 Å². The van der Waals surface area contributed by atoms with Gasteiger partial charge in [-0.15, -0.1) is 11.8 Å². The highest BCUT2D eigenvalue weighted by Crippen LogP contribution is 2.47. The molecule has 4 rings (SSSR count). The molecule has 0 aromatic heterocycles. The van der Waals surface area contributed by atoms with Gasteiger partial charge in [0.05, 0.1) is 23.0 Å². The Labute approximate surface area is 229 Å². The van der Waals surface area contributed by atoms with E-state index in [-0.39, 0.29) is 10.6 Å². The van der Waals surface area contributed by atoms with Gasteiger partial charge in [0.1, 0.15) is 11.3 Å². The van der Waals surface area contributed by atoms with E-state index >= 15 is 0 Å². The fourth-order valence-electron chi connectivity index (χ4n) is 4.07. The van der Waals surface area contributed by atoms with E-state index in [2.05, 4.69) is 0 Å². The molecule has 0 unspecified atom stereocenters. The Morgan fingerprint density at radius 1 is 1.13 bits per heavy atom. The lowest BCUT2D eigenvalue weighted by Crippen LogP contribution is -2.45. The molecule has 3 aromatic carbocycles. The van der Waals surface area contributed by atoms with Gasteiger partial charge in [-0.3, -0.25) is 14.9 Å². The third kappa shape index (κ3) is 5.93. The first-order chi connectivity index (χ1) is 18.2. The molecule has 0 bridgehead atoms. The molecule has 1 heterocycles. The second kappa shape index (κ2) is 11.8. The number of halogens is 1. The van der Waals surface area contributed by atoms with Gasteiger partial charge < -0.3 is 19.3 Å². The molecule has 0 aliphatic carbocycles. The van der Waals surface area contributed by atoms with Crippen molar-refractivity contribution >= 4 is 46.6 Å². The Morgan fingerprint density at radius 2 is 1.84 bits per heavy atom. The number of fused-ring (bicyclic) bond motifs is 1. The van der Waals surface area contributed by atoms with E-state index in [4.69, 9.17) is 21.1 Å². The molecule has 1 aliphatic heterocycles. The Kier molecular flexibility index (Phi) is 8.55. The van der Waals surface area contributed by atoms with Crippen molar-refractivity contribution in [1.82, 2.24) is 4.90 Å². The fourth-order valence-corrected chi connectivity index (χ4v) is 5.55. The number of methoxy groups -OCH3 is 1. The minimum atomic E-state index is -1.27. The van der Waals surface area contributed by atoms with E-state index < -0.39 is 33.8 Å². The maximum atomic E-state index is 14.1. The van der Waals surface area contributed by atoms with Crippen molar-refractivity contribution in [1.29, 1.82) is 0 Å². The van der Waals surface area contributed by atoms with Crippen molar-refractivity contribution in [3.8, 4) is 5.75 Å². The lowest BCUT2D eigenvalue weighted by atomic mass is 10.0. The molecular weight excluding hydrogens is 530 g/mol. The van der Waals surface area contributed by atoms with E-state index in [0.717, 1.165) is 16.5 Å². The summed E-state index contributed by atoms with van der Waals surface area (Å²) in [6.07, 6.45) is -1.27. The molecule has 1 aliphatic rings. The van der Waals surface area contributed by atoms with Crippen LogP contribution in [0.5, 0.6) is 5.75 Å². The molecule has 11 heteroatoms. The monoisotopic (exact) mass is 555 g/mol. The van der Waals surface area contributed by atoms with Crippen molar-refractivity contribution in [3.63, 3.8) is 0 Å². The number of rotatable bonds is 8. The molecule has 38 heavy (non-hydrogen) atoms. The van der Waals surface area contributed by atoms with E-state index in [0.29, 0.717) is 24.5 Å². The minimum Gasteiger partial charge on any atom is -0.497 e. The standard InChI is InChI=1S/C27H26ClN3O6S/c1-29(2)14-15-30-21-6-4-5-7-23(21)38-25(17-8-11-19(36-3)12-9-17)24(26(30)32)37-27(33)20-13-10-18(28)16-22(20)31(34)35/h4-13,16,24-25H,14-15H2,1-3H3/t24-,25+/m0/s1. The number of esters is 1. The number of benzene rings is 3. The van der Waals surface area contributed by atoms with Crippen LogP contribution in [0.25, 0.3) is 0 Å². The van der Waals surface area contributed by atoms with E-state index in [1.165, 1.54) is 23.9 Å². The molecule has 0 N–H and O–H groups in total. The molecule has 1 amide bonds. The second-order valence-corrected chi connectivity index (χ2v) is 10.4. The SMILES string of the molecule is COc1ccc([C@H]2Sc3ccccc3N(CCN(C)C)C(=O)[C@H]2OC(=O)c2ccc(Cl)cc2[N+](=O)[O-])cc1. The van der Waals surface area contributed by atoms with Gasteiger partial charge in [-0.1, -0.05) is 35.9 Å². The summed E-state index contributed by atoms with van der Waals surface area (Å²) < 4.78 is 11.1. The average Bonchev–Trinajstić information content (AvgIpc) is 3.01. The molecular formula is C27H26ClN3O6S. The van der Waals surface area contributed by atoms with E-state index in [1.54, 1.807) is 24.1 Å². The Balaban J connectivity index is 1.80. The Bertz CT molecular complexity index is 1350. The van der Waals surface area contributed by atoms with E-state index in [1.807, 2.05) is 55.4 Å². The number of nitro groups is 1. The summed E-state index contributed by atoms with van der Waals surface area (Å²) in [6.45, 7) is 0.926. The van der Waals surface area contributed by atoms with Gasteiger partial charge in [-0.2, -0.15) is 0 Å². The first-order valence-electron chi connectivity index (χ1n) is 11.7. The number of carbonyl (C=O) groups excluding carboxylic acids is 2. The van der Waals surface area contributed by atoms with Crippen LogP contribution in [0.2, 0.25) is 5.02 Å². The highest BCUT2D eigenvalue weighted by Gasteiger charge is 2.42. The molecule has 0 spiro atoms. The summed E-state index contributed by atoms with van der Waals surface area (Å²) >= 11 is 7.32. The molecule has 2 atom stereocenters. The van der Waals surface area contributed by atoms with Crippen molar-refractivity contribution in [2.75, 3.05) is 39.2 Å². The van der Waals surface area contributed by atoms with Gasteiger partial charge in [0.2, 0.25) is 0 Å². The molecule has 0 radical (unpaired) electrons. The van der Waals surface area contributed by atoms with Gasteiger partial charge in [0.15, 0.2) is 6.10 Å². The lowest BCUT2D eigenvalue weighted by molar-refractivity contribution is -0.385. The largest absolute Gasteiger partial charge is 0.497 e. The van der Waals surface area contributed by atoms with E-state index in [9.17, 15) is 19.7 Å². The summed E-state index contributed by atoms with van der Waals surface area (Å²) in [5, 5.41) is 11.1. The number of hydrogen-bond donors (Lipinski definition) is 0. The zero-order valence-corrected chi connectivity index (χ0v) is 22.6. The number of thioether (sulfide) groups is 1. The summed E-state index contributed by atoms with van der Waals surface area (Å²) in [6, 6.07) is 18.4. The third-order valence-electron chi connectivity index (χ3n) is 6.02. The maximum absolute atomic E-state index is 14.1. The highest BCUT2D eigenvalue weighted by atomic mass is 35.5. The number of anilines is 1. The van der Waals surface area contributed by atoms with Gasteiger partial charge in [-0.05, 0) is 56.1 Å². The van der Waals surface area contributed by atoms with Crippen LogP contribution >= 0.6 is 23.4 Å². The van der Waals surface area contributed by atoms with Gasteiger partial charge in [0, 0.05) is 29.1 Å². The molecule has 0 fully saturated rings. The van der Waals surface area contributed by atoms with Crippen LogP contribution in [-0.2, 0) is 9.53 Å². The van der Waals surface area contributed by atoms with Crippen molar-refractivity contribution < 1.29 is 24.0 Å². The van der Waals surface area contributed by atoms with Gasteiger partial charge in [-0.25, -0.2) is 4.79 Å². The molecule has 9 nitrogen and oxygen atoms in total. The number of nitrogens with zero attached hydrogens (tertiary/aromatic N) is 3. The number of carbonyl (C=O) groups is 2. The lowest BCUT2D eigenvalue weighted by Gasteiger charge is -2.28. The number of hydrogen-bond acceptors (Lipinski definition) is 8. The quantitative estimate of drug-likeness (QED) is 0.212. The number of amides is 1. The van der Waals surface area contributed by atoms with Crippen LogP contribution in [0, 0.1) is 10.1 Å². The Hall–Kier alpha value is -3.60. The first kappa shape index (κ1) is 27.4. The van der Waals surface area contributed by atoms with Crippen molar-refractivity contribution in [2.24, 2.45) is 0 Å². The van der Waals surface area contributed by atoms with Crippen LogP contribution < -0.4 is 9.64 Å². The van der Waals surface area contributed by atoms with Crippen LogP contribution in [0.15, 0.2) is 71.6 Å². The van der Waals surface area contributed by atoms with Gasteiger partial charge >= 0.3 is 5.97 Å².